The Bertz CT molecular complexity index is 199. The molecule has 4 N–H and O–H groups in total. The molecule has 0 saturated heterocycles. The van der Waals surface area contributed by atoms with E-state index in [1.165, 1.54) is 0 Å². The van der Waals surface area contributed by atoms with E-state index in [1.54, 1.807) is 0 Å². The molecule has 0 aromatic rings. The maximum Gasteiger partial charge on any atom is 0.0595 e. The summed E-state index contributed by atoms with van der Waals surface area (Å²) >= 11 is 0. The van der Waals surface area contributed by atoms with Crippen LogP contribution in [0, 0.1) is 61.8 Å². The standard InChI is InChI=1S/C12H25N2O.Ac/c1-4-8(5-2)11(14)10-9(13)6-7(3)12(10)15;/h7-12,14-15H,4-6,13H2,1-3H3;/q-1;/t7-,9+,10+,11?,12+;/m0./s1. The van der Waals surface area contributed by atoms with Gasteiger partial charge in [0.05, 0.1) is 6.10 Å². The quantitative estimate of drug-likeness (QED) is 0.704. The average molecular weight is 440 g/mol. The zero-order valence-corrected chi connectivity index (χ0v) is 15.4. The molecule has 0 aromatic heterocycles. The molecule has 16 heavy (non-hydrogen) atoms. The molecule has 93 valence electrons. The van der Waals surface area contributed by atoms with Crippen molar-refractivity contribution in [3.05, 3.63) is 5.73 Å². The van der Waals surface area contributed by atoms with Gasteiger partial charge in [-0.05, 0) is 18.3 Å². The van der Waals surface area contributed by atoms with Crippen molar-refractivity contribution >= 4 is 0 Å². The van der Waals surface area contributed by atoms with E-state index in [9.17, 15) is 5.11 Å². The van der Waals surface area contributed by atoms with Crippen molar-refractivity contribution in [1.82, 2.24) is 0 Å². The van der Waals surface area contributed by atoms with Crippen molar-refractivity contribution in [3.8, 4) is 0 Å². The Balaban J connectivity index is 0.00000225. The number of rotatable bonds is 4. The molecule has 0 spiro atoms. The van der Waals surface area contributed by atoms with Crippen molar-refractivity contribution in [2.45, 2.75) is 58.2 Å². The van der Waals surface area contributed by atoms with Gasteiger partial charge < -0.3 is 16.6 Å². The third kappa shape index (κ3) is 3.66. The molecule has 1 saturated carbocycles. The molecule has 4 heteroatoms. The molecule has 1 aliphatic rings. The topological polar surface area (TPSA) is 70.0 Å². The number of aliphatic hydroxyl groups excluding tert-OH is 1. The predicted octanol–water partition coefficient (Wildman–Crippen LogP) is 2.19. The van der Waals surface area contributed by atoms with Gasteiger partial charge in [0.15, 0.2) is 0 Å². The molecule has 1 fully saturated rings. The Kier molecular flexibility index (Phi) is 8.33. The second-order valence-corrected chi connectivity index (χ2v) is 5.05. The monoisotopic (exact) mass is 440 g/mol. The normalized spacial score (nSPS) is 36.2. The molecule has 1 aliphatic carbocycles. The van der Waals surface area contributed by atoms with Gasteiger partial charge in [-0.2, -0.15) is 0 Å². The summed E-state index contributed by atoms with van der Waals surface area (Å²) in [5, 5.41) is 10.0. The first kappa shape index (κ1) is 17.3. The van der Waals surface area contributed by atoms with Gasteiger partial charge in [0, 0.05) is 50.1 Å². The second kappa shape index (κ2) is 7.69. The van der Waals surface area contributed by atoms with E-state index in [1.807, 2.05) is 6.92 Å². The summed E-state index contributed by atoms with van der Waals surface area (Å²) in [4.78, 5) is 0. The third-order valence-electron chi connectivity index (χ3n) is 4.09. The molecule has 1 radical (unpaired) electrons. The van der Waals surface area contributed by atoms with E-state index in [2.05, 4.69) is 13.8 Å². The first-order valence-corrected chi connectivity index (χ1v) is 6.17. The van der Waals surface area contributed by atoms with E-state index in [4.69, 9.17) is 11.5 Å². The molecule has 3 nitrogen and oxygen atoms in total. The second-order valence-electron chi connectivity index (χ2n) is 5.05. The summed E-state index contributed by atoms with van der Waals surface area (Å²) in [5.41, 5.74) is 14.3. The van der Waals surface area contributed by atoms with Crippen LogP contribution in [-0.2, 0) is 0 Å². The Morgan fingerprint density at radius 1 is 1.38 bits per heavy atom. The van der Waals surface area contributed by atoms with Crippen LogP contribution in [0.3, 0.4) is 0 Å². The molecule has 0 heterocycles. The largest absolute Gasteiger partial charge is 0.674 e. The minimum absolute atomic E-state index is 0. The van der Waals surface area contributed by atoms with E-state index in [0.717, 1.165) is 19.3 Å². The number of hydrogen-bond donors (Lipinski definition) is 2. The maximum atomic E-state index is 10.0. The maximum absolute atomic E-state index is 10.0. The van der Waals surface area contributed by atoms with Gasteiger partial charge in [0.2, 0.25) is 0 Å². The Labute approximate surface area is 135 Å². The van der Waals surface area contributed by atoms with Crippen molar-refractivity contribution in [2.75, 3.05) is 0 Å². The summed E-state index contributed by atoms with van der Waals surface area (Å²) in [5.74, 6) is 0.609. The van der Waals surface area contributed by atoms with E-state index in [0.29, 0.717) is 5.92 Å². The van der Waals surface area contributed by atoms with Crippen molar-refractivity contribution in [2.24, 2.45) is 23.5 Å². The van der Waals surface area contributed by atoms with Crippen LogP contribution in [0.2, 0.25) is 0 Å². The van der Waals surface area contributed by atoms with Gasteiger partial charge >= 0.3 is 0 Å². The molecular weight excluding hydrogens is 415 g/mol. The Morgan fingerprint density at radius 2 is 1.88 bits per heavy atom. The molecular formula is C12H25AcN2O-. The van der Waals surface area contributed by atoms with Gasteiger partial charge in [-0.3, -0.25) is 0 Å². The summed E-state index contributed by atoms with van der Waals surface area (Å²) in [6.07, 6.45) is 2.51. The van der Waals surface area contributed by atoms with E-state index in [-0.39, 0.29) is 74.1 Å². The minimum Gasteiger partial charge on any atom is -0.674 e. The number of aliphatic hydroxyl groups is 1. The Hall–Kier alpha value is 1.32. The van der Waals surface area contributed by atoms with Crippen molar-refractivity contribution in [3.63, 3.8) is 0 Å². The molecule has 0 aliphatic heterocycles. The molecule has 0 bridgehead atoms. The fourth-order valence-corrected chi connectivity index (χ4v) is 2.95. The number of hydrogen-bond acceptors (Lipinski definition) is 2. The van der Waals surface area contributed by atoms with Gasteiger partial charge in [0.25, 0.3) is 0 Å². The molecule has 0 aromatic carbocycles. The van der Waals surface area contributed by atoms with E-state index < -0.39 is 0 Å². The van der Waals surface area contributed by atoms with Crippen LogP contribution in [-0.4, -0.2) is 23.3 Å². The predicted molar refractivity (Wildman–Crippen MR) is 63.4 cm³/mol. The van der Waals surface area contributed by atoms with Gasteiger partial charge in [-0.25, -0.2) is 0 Å². The van der Waals surface area contributed by atoms with Crippen LogP contribution >= 0.6 is 0 Å². The average Bonchev–Trinajstić information content (AvgIpc) is 2.43. The first-order valence-electron chi connectivity index (χ1n) is 6.17. The molecule has 5 atom stereocenters. The number of nitrogens with one attached hydrogen (secondary N) is 1. The SMILES string of the molecule is CCC(CC)C([NH-])[C@@H]1[C@H](O)[C@@H](C)C[C@H]1N.[Ac]. The fraction of sp³-hybridized carbons (Fsp3) is 1.00. The van der Waals surface area contributed by atoms with Gasteiger partial charge in [-0.1, -0.05) is 39.5 Å². The van der Waals surface area contributed by atoms with Gasteiger partial charge in [0.1, 0.15) is 0 Å². The zero-order chi connectivity index (χ0) is 11.6. The van der Waals surface area contributed by atoms with Crippen LogP contribution in [0.1, 0.15) is 40.0 Å². The van der Waals surface area contributed by atoms with Crippen molar-refractivity contribution in [1.29, 1.82) is 0 Å². The molecule has 1 rings (SSSR count). The summed E-state index contributed by atoms with van der Waals surface area (Å²) in [6.45, 7) is 6.27. The van der Waals surface area contributed by atoms with Crippen LogP contribution in [0.15, 0.2) is 0 Å². The first-order chi connectivity index (χ1) is 7.02. The fourth-order valence-electron chi connectivity index (χ4n) is 2.95. The smallest absolute Gasteiger partial charge is 0.0595 e. The van der Waals surface area contributed by atoms with Gasteiger partial charge in [-0.15, -0.1) is 6.04 Å². The minimum atomic E-state index is -0.372. The summed E-state index contributed by atoms with van der Waals surface area (Å²) in [6, 6.07) is -0.187. The van der Waals surface area contributed by atoms with Crippen LogP contribution < -0.4 is 5.73 Å². The Morgan fingerprint density at radius 3 is 2.19 bits per heavy atom. The molecule has 1 unspecified atom stereocenters. The third-order valence-corrected chi connectivity index (χ3v) is 4.09. The van der Waals surface area contributed by atoms with Crippen LogP contribution in [0.5, 0.6) is 0 Å². The van der Waals surface area contributed by atoms with Crippen LogP contribution in [0.25, 0.3) is 5.73 Å². The zero-order valence-electron chi connectivity index (χ0n) is 10.7. The summed E-state index contributed by atoms with van der Waals surface area (Å²) < 4.78 is 0. The van der Waals surface area contributed by atoms with Crippen molar-refractivity contribution < 1.29 is 49.2 Å². The molecule has 0 amide bonds. The number of nitrogens with two attached hydrogens (primary N) is 1. The summed E-state index contributed by atoms with van der Waals surface area (Å²) in [7, 11) is 0. The van der Waals surface area contributed by atoms with E-state index >= 15 is 0 Å². The van der Waals surface area contributed by atoms with Crippen LogP contribution in [0.4, 0.5) is 0 Å².